The third-order valence-corrected chi connectivity index (χ3v) is 3.38. The average molecular weight is 230 g/mol. The monoisotopic (exact) mass is 230 g/mol. The lowest BCUT2D eigenvalue weighted by atomic mass is 10.1. The van der Waals surface area contributed by atoms with Crippen LogP contribution in [0.25, 0.3) is 11.4 Å². The molecular weight excluding hydrogens is 212 g/mol. The highest BCUT2D eigenvalue weighted by Gasteiger charge is 2.20. The molecule has 4 heteroatoms. The molecule has 4 nitrogen and oxygen atoms in total. The summed E-state index contributed by atoms with van der Waals surface area (Å²) in [6.07, 6.45) is 5.65. The lowest BCUT2D eigenvalue weighted by Gasteiger charge is -2.17. The number of hydrogen-bond acceptors (Lipinski definition) is 2. The lowest BCUT2D eigenvalue weighted by molar-refractivity contribution is 0.508. The summed E-state index contributed by atoms with van der Waals surface area (Å²) in [5.41, 5.74) is 3.67. The van der Waals surface area contributed by atoms with E-state index in [4.69, 9.17) is 4.98 Å². The van der Waals surface area contributed by atoms with Gasteiger partial charge in [0.15, 0.2) is 0 Å². The van der Waals surface area contributed by atoms with E-state index in [1.807, 2.05) is 19.3 Å². The maximum atomic E-state index is 4.79. The first kappa shape index (κ1) is 10.6. The van der Waals surface area contributed by atoms with E-state index in [0.29, 0.717) is 0 Å². The van der Waals surface area contributed by atoms with Crippen molar-refractivity contribution in [1.29, 1.82) is 0 Å². The van der Waals surface area contributed by atoms with Gasteiger partial charge in [-0.1, -0.05) is 0 Å². The standard InChI is InChI=1S/C13H18N4/c1-14-9-12-16-13(10-5-4-7-15-10)11-6-2-3-8-17(11)12/h4-5,7,14-15H,2-3,6,8-9H2,1H3. The Morgan fingerprint density at radius 2 is 2.41 bits per heavy atom. The van der Waals surface area contributed by atoms with Crippen molar-refractivity contribution in [2.24, 2.45) is 0 Å². The van der Waals surface area contributed by atoms with Gasteiger partial charge in [0.25, 0.3) is 0 Å². The number of rotatable bonds is 3. The summed E-state index contributed by atoms with van der Waals surface area (Å²) in [4.78, 5) is 8.06. The Labute approximate surface area is 101 Å². The molecule has 0 unspecified atom stereocenters. The minimum absolute atomic E-state index is 0.841. The first-order valence-electron chi connectivity index (χ1n) is 6.27. The molecule has 17 heavy (non-hydrogen) atoms. The van der Waals surface area contributed by atoms with Crippen molar-refractivity contribution in [2.45, 2.75) is 32.4 Å². The van der Waals surface area contributed by atoms with Gasteiger partial charge in [0.1, 0.15) is 11.5 Å². The predicted molar refractivity (Wildman–Crippen MR) is 67.7 cm³/mol. The van der Waals surface area contributed by atoms with Crippen molar-refractivity contribution in [3.63, 3.8) is 0 Å². The zero-order valence-corrected chi connectivity index (χ0v) is 10.2. The second-order valence-electron chi connectivity index (χ2n) is 4.55. The Morgan fingerprint density at radius 3 is 3.18 bits per heavy atom. The van der Waals surface area contributed by atoms with Gasteiger partial charge < -0.3 is 14.9 Å². The quantitative estimate of drug-likeness (QED) is 0.846. The molecule has 0 spiro atoms. The van der Waals surface area contributed by atoms with Crippen LogP contribution in [-0.4, -0.2) is 21.6 Å². The highest BCUT2D eigenvalue weighted by Crippen LogP contribution is 2.27. The van der Waals surface area contributed by atoms with Gasteiger partial charge in [-0.05, 0) is 38.4 Å². The van der Waals surface area contributed by atoms with Crippen LogP contribution in [0.2, 0.25) is 0 Å². The summed E-state index contributed by atoms with van der Waals surface area (Å²) >= 11 is 0. The third-order valence-electron chi connectivity index (χ3n) is 3.38. The summed E-state index contributed by atoms with van der Waals surface area (Å²) in [7, 11) is 1.97. The molecule has 2 aromatic rings. The van der Waals surface area contributed by atoms with Crippen molar-refractivity contribution < 1.29 is 0 Å². The molecule has 0 atom stereocenters. The van der Waals surface area contributed by atoms with Gasteiger partial charge in [-0.2, -0.15) is 0 Å². The number of H-pyrrole nitrogens is 1. The van der Waals surface area contributed by atoms with Crippen LogP contribution in [0.15, 0.2) is 18.3 Å². The molecule has 0 saturated carbocycles. The first-order valence-corrected chi connectivity index (χ1v) is 6.27. The smallest absolute Gasteiger partial charge is 0.123 e. The number of aromatic nitrogens is 3. The molecule has 0 aliphatic carbocycles. The Bertz CT molecular complexity index is 496. The van der Waals surface area contributed by atoms with Crippen LogP contribution >= 0.6 is 0 Å². The fourth-order valence-corrected chi connectivity index (χ4v) is 2.60. The topological polar surface area (TPSA) is 45.6 Å². The number of aromatic amines is 1. The number of imidazole rings is 1. The Balaban J connectivity index is 2.09. The van der Waals surface area contributed by atoms with Gasteiger partial charge >= 0.3 is 0 Å². The molecule has 2 N–H and O–H groups in total. The molecule has 0 aromatic carbocycles. The molecule has 0 radical (unpaired) electrons. The van der Waals surface area contributed by atoms with Crippen LogP contribution in [0.4, 0.5) is 0 Å². The van der Waals surface area contributed by atoms with E-state index >= 15 is 0 Å². The minimum atomic E-state index is 0.841. The molecule has 1 aliphatic rings. The van der Waals surface area contributed by atoms with Gasteiger partial charge in [-0.3, -0.25) is 0 Å². The van der Waals surface area contributed by atoms with Crippen molar-refractivity contribution in [3.8, 4) is 11.4 Å². The van der Waals surface area contributed by atoms with Crippen LogP contribution in [0.3, 0.4) is 0 Å². The summed E-state index contributed by atoms with van der Waals surface area (Å²) in [6, 6.07) is 4.13. The maximum Gasteiger partial charge on any atom is 0.123 e. The largest absolute Gasteiger partial charge is 0.360 e. The van der Waals surface area contributed by atoms with Gasteiger partial charge in [-0.15, -0.1) is 0 Å². The van der Waals surface area contributed by atoms with Crippen LogP contribution in [-0.2, 0) is 19.5 Å². The SMILES string of the molecule is CNCc1nc(-c2ccc[nH]2)c2n1CCCC2. The van der Waals surface area contributed by atoms with E-state index in [1.165, 1.54) is 18.5 Å². The van der Waals surface area contributed by atoms with E-state index in [2.05, 4.69) is 20.9 Å². The molecule has 1 aliphatic heterocycles. The van der Waals surface area contributed by atoms with Crippen molar-refractivity contribution in [1.82, 2.24) is 19.9 Å². The average Bonchev–Trinajstić information content (AvgIpc) is 2.97. The minimum Gasteiger partial charge on any atom is -0.360 e. The number of nitrogens with one attached hydrogen (secondary N) is 2. The number of nitrogens with zero attached hydrogens (tertiary/aromatic N) is 2. The Kier molecular flexibility index (Phi) is 2.73. The van der Waals surface area contributed by atoms with Crippen LogP contribution in [0.5, 0.6) is 0 Å². The molecule has 3 heterocycles. The second kappa shape index (κ2) is 4.37. The van der Waals surface area contributed by atoms with E-state index < -0.39 is 0 Å². The molecule has 3 rings (SSSR count). The highest BCUT2D eigenvalue weighted by atomic mass is 15.1. The van der Waals surface area contributed by atoms with Crippen molar-refractivity contribution >= 4 is 0 Å². The molecule has 0 amide bonds. The van der Waals surface area contributed by atoms with E-state index in [9.17, 15) is 0 Å². The summed E-state index contributed by atoms with van der Waals surface area (Å²) in [6.45, 7) is 1.95. The van der Waals surface area contributed by atoms with E-state index in [0.717, 1.165) is 36.7 Å². The highest BCUT2D eigenvalue weighted by molar-refractivity contribution is 5.58. The van der Waals surface area contributed by atoms with Gasteiger partial charge in [0.05, 0.1) is 12.2 Å². The van der Waals surface area contributed by atoms with Gasteiger partial charge in [-0.25, -0.2) is 4.98 Å². The lowest BCUT2D eigenvalue weighted by Crippen LogP contribution is -2.16. The van der Waals surface area contributed by atoms with Crippen molar-refractivity contribution in [3.05, 3.63) is 29.8 Å². The maximum absolute atomic E-state index is 4.79. The van der Waals surface area contributed by atoms with E-state index in [1.54, 1.807) is 0 Å². The molecule has 0 fully saturated rings. The Hall–Kier alpha value is -1.55. The predicted octanol–water partition coefficient (Wildman–Crippen LogP) is 1.93. The number of hydrogen-bond donors (Lipinski definition) is 2. The summed E-state index contributed by atoms with van der Waals surface area (Å²) in [5, 5.41) is 3.20. The van der Waals surface area contributed by atoms with Crippen LogP contribution in [0, 0.1) is 0 Å². The summed E-state index contributed by atoms with van der Waals surface area (Å²) in [5.74, 6) is 1.16. The molecule has 0 bridgehead atoms. The normalized spacial score (nSPS) is 14.9. The fraction of sp³-hybridized carbons (Fsp3) is 0.462. The molecule has 90 valence electrons. The summed E-state index contributed by atoms with van der Waals surface area (Å²) < 4.78 is 2.39. The zero-order chi connectivity index (χ0) is 11.7. The zero-order valence-electron chi connectivity index (χ0n) is 10.2. The van der Waals surface area contributed by atoms with Gasteiger partial charge in [0, 0.05) is 18.4 Å². The van der Waals surface area contributed by atoms with Crippen molar-refractivity contribution in [2.75, 3.05) is 7.05 Å². The Morgan fingerprint density at radius 1 is 1.47 bits per heavy atom. The molecule has 2 aromatic heterocycles. The fourth-order valence-electron chi connectivity index (χ4n) is 2.60. The second-order valence-corrected chi connectivity index (χ2v) is 4.55. The van der Waals surface area contributed by atoms with Crippen LogP contribution in [0.1, 0.15) is 24.4 Å². The number of fused-ring (bicyclic) bond motifs is 1. The van der Waals surface area contributed by atoms with Crippen LogP contribution < -0.4 is 5.32 Å². The first-order chi connectivity index (χ1) is 8.40. The van der Waals surface area contributed by atoms with E-state index in [-0.39, 0.29) is 0 Å². The molecular formula is C13H18N4. The van der Waals surface area contributed by atoms with Gasteiger partial charge in [0.2, 0.25) is 0 Å². The molecule has 0 saturated heterocycles. The third kappa shape index (κ3) is 1.78.